The number of aromatic hydroxyl groups is 1. The minimum absolute atomic E-state index is 0.0269. The van der Waals surface area contributed by atoms with Crippen molar-refractivity contribution in [3.8, 4) is 28.7 Å². The van der Waals surface area contributed by atoms with Gasteiger partial charge in [0, 0.05) is 28.5 Å². The van der Waals surface area contributed by atoms with Crippen molar-refractivity contribution in [1.82, 2.24) is 4.90 Å². The third-order valence-electron chi connectivity index (χ3n) is 7.07. The number of likely N-dealkylation sites (tertiary alicyclic amines) is 1. The number of piperidine rings is 1. The maximum absolute atomic E-state index is 10.2. The van der Waals surface area contributed by atoms with E-state index in [1.807, 2.05) is 44.7 Å². The number of hydrogen-bond acceptors (Lipinski definition) is 7. The Kier molecular flexibility index (Phi) is 9.70. The van der Waals surface area contributed by atoms with Crippen LogP contribution in [0, 0.1) is 26.2 Å². The Morgan fingerprint density at radius 3 is 2.22 bits per heavy atom. The molecule has 0 aliphatic carbocycles. The molecule has 200 valence electrons. The fourth-order valence-corrected chi connectivity index (χ4v) is 6.01. The molecule has 0 unspecified atom stereocenters. The van der Waals surface area contributed by atoms with Crippen LogP contribution < -0.4 is 18.9 Å². The summed E-state index contributed by atoms with van der Waals surface area (Å²) in [5, 5.41) is 10.8. The number of methoxy groups -OCH3 is 3. The van der Waals surface area contributed by atoms with Crippen molar-refractivity contribution < 1.29 is 24.1 Å². The van der Waals surface area contributed by atoms with Crippen molar-refractivity contribution in [2.75, 3.05) is 47.6 Å². The van der Waals surface area contributed by atoms with Crippen molar-refractivity contribution in [3.63, 3.8) is 0 Å². The number of thioether (sulfide) groups is 1. The highest BCUT2D eigenvalue weighted by atomic mass is 32.2. The van der Waals surface area contributed by atoms with Crippen LogP contribution in [0.1, 0.15) is 48.9 Å². The van der Waals surface area contributed by atoms with Gasteiger partial charge in [-0.3, -0.25) is 0 Å². The highest BCUT2D eigenvalue weighted by Crippen LogP contribution is 2.42. The van der Waals surface area contributed by atoms with Crippen molar-refractivity contribution >= 4 is 11.8 Å². The second-order valence-corrected chi connectivity index (χ2v) is 11.8. The number of nitrogens with zero attached hydrogens (tertiary/aromatic N) is 1. The summed E-state index contributed by atoms with van der Waals surface area (Å²) in [5.74, 6) is 4.23. The van der Waals surface area contributed by atoms with Gasteiger partial charge in [0.15, 0.2) is 11.5 Å². The third kappa shape index (κ3) is 6.74. The van der Waals surface area contributed by atoms with E-state index in [1.165, 1.54) is 12.8 Å². The Bertz CT molecular complexity index is 1030. The molecule has 1 fully saturated rings. The Hall–Kier alpha value is -2.25. The van der Waals surface area contributed by atoms with Gasteiger partial charge in [-0.2, -0.15) is 11.8 Å². The van der Waals surface area contributed by atoms with E-state index in [0.29, 0.717) is 29.1 Å². The topological polar surface area (TPSA) is 60.4 Å². The molecule has 0 saturated carbocycles. The third-order valence-corrected chi connectivity index (χ3v) is 8.49. The van der Waals surface area contributed by atoms with Crippen LogP contribution in [0.15, 0.2) is 18.2 Å². The Balaban J connectivity index is 1.50. The van der Waals surface area contributed by atoms with E-state index in [4.69, 9.17) is 18.9 Å². The zero-order valence-electron chi connectivity index (χ0n) is 23.2. The highest BCUT2D eigenvalue weighted by molar-refractivity contribution is 7.99. The van der Waals surface area contributed by atoms with Gasteiger partial charge >= 0.3 is 0 Å². The predicted octanol–water partition coefficient (Wildman–Crippen LogP) is 6.15. The molecule has 0 atom stereocenters. The van der Waals surface area contributed by atoms with Crippen molar-refractivity contribution in [2.45, 2.75) is 58.5 Å². The summed E-state index contributed by atoms with van der Waals surface area (Å²) in [4.78, 5) is 2.57. The fraction of sp³-hybridized carbons (Fsp3) is 0.586. The summed E-state index contributed by atoms with van der Waals surface area (Å²) in [6, 6.07) is 5.97. The minimum Gasteiger partial charge on any atom is -0.507 e. The molecule has 0 amide bonds. The molecule has 2 aromatic carbocycles. The van der Waals surface area contributed by atoms with Gasteiger partial charge in [-0.25, -0.2) is 0 Å². The van der Waals surface area contributed by atoms with Crippen LogP contribution >= 0.6 is 11.8 Å². The number of hydrogen-bond donors (Lipinski definition) is 1. The Labute approximate surface area is 221 Å². The Morgan fingerprint density at radius 2 is 1.61 bits per heavy atom. The number of rotatable bonds is 11. The number of benzene rings is 2. The second-order valence-electron chi connectivity index (χ2n) is 10.5. The van der Waals surface area contributed by atoms with E-state index in [1.54, 1.807) is 21.3 Å². The van der Waals surface area contributed by atoms with Crippen molar-refractivity contribution in [2.24, 2.45) is 5.41 Å². The standard InChI is InChI=1S/C29H43NO5S/c1-19-15-25(20(2)21(3)26(19)31)35-18-29(4,5)17-30-13-11-23(12-14-30)36-16-22-9-10-24(32-6)28(34-8)27(22)33-7/h9-10,15,23,31H,11-14,16-18H2,1-8H3. The molecule has 1 heterocycles. The van der Waals surface area contributed by atoms with Gasteiger partial charge in [-0.15, -0.1) is 0 Å². The van der Waals surface area contributed by atoms with Gasteiger partial charge in [0.2, 0.25) is 5.75 Å². The molecule has 36 heavy (non-hydrogen) atoms. The summed E-state index contributed by atoms with van der Waals surface area (Å²) >= 11 is 2.00. The Morgan fingerprint density at radius 1 is 0.944 bits per heavy atom. The molecule has 0 radical (unpaired) electrons. The summed E-state index contributed by atoms with van der Waals surface area (Å²) in [7, 11) is 4.97. The van der Waals surface area contributed by atoms with E-state index in [0.717, 1.165) is 59.1 Å². The smallest absolute Gasteiger partial charge is 0.203 e. The average Bonchev–Trinajstić information content (AvgIpc) is 2.87. The summed E-state index contributed by atoms with van der Waals surface area (Å²) in [5.41, 5.74) is 3.93. The summed E-state index contributed by atoms with van der Waals surface area (Å²) in [6.45, 7) is 14.3. The lowest BCUT2D eigenvalue weighted by Gasteiger charge is -2.37. The molecule has 3 rings (SSSR count). The van der Waals surface area contributed by atoms with Crippen LogP contribution in [-0.2, 0) is 5.75 Å². The first-order chi connectivity index (χ1) is 17.1. The molecule has 6 nitrogen and oxygen atoms in total. The first-order valence-corrected chi connectivity index (χ1v) is 13.7. The summed E-state index contributed by atoms with van der Waals surface area (Å²) in [6.07, 6.45) is 2.35. The van der Waals surface area contributed by atoms with Gasteiger partial charge < -0.3 is 29.0 Å². The largest absolute Gasteiger partial charge is 0.507 e. The van der Waals surface area contributed by atoms with Crippen LogP contribution in [0.3, 0.4) is 0 Å². The van der Waals surface area contributed by atoms with Gasteiger partial charge in [0.05, 0.1) is 27.9 Å². The molecule has 1 saturated heterocycles. The number of phenols is 1. The first-order valence-electron chi connectivity index (χ1n) is 12.6. The zero-order valence-corrected chi connectivity index (χ0v) is 24.0. The lowest BCUT2D eigenvalue weighted by atomic mass is 9.92. The first kappa shape index (κ1) is 28.3. The lowest BCUT2D eigenvalue weighted by Crippen LogP contribution is -2.42. The van der Waals surface area contributed by atoms with E-state index in [9.17, 15) is 5.11 Å². The van der Waals surface area contributed by atoms with E-state index >= 15 is 0 Å². The van der Waals surface area contributed by atoms with E-state index in [2.05, 4.69) is 24.8 Å². The molecule has 7 heteroatoms. The number of phenolic OH excluding ortho intramolecular Hbond substituents is 1. The molecular formula is C29H43NO5S. The van der Waals surface area contributed by atoms with Crippen molar-refractivity contribution in [1.29, 1.82) is 0 Å². The average molecular weight is 518 g/mol. The van der Waals surface area contributed by atoms with Gasteiger partial charge in [0.1, 0.15) is 11.5 Å². The number of ether oxygens (including phenoxy) is 4. The van der Waals surface area contributed by atoms with Crippen LogP contribution in [0.4, 0.5) is 0 Å². The molecule has 0 aromatic heterocycles. The van der Waals surface area contributed by atoms with E-state index < -0.39 is 0 Å². The fourth-order valence-electron chi connectivity index (χ4n) is 4.82. The lowest BCUT2D eigenvalue weighted by molar-refractivity contribution is 0.104. The SMILES string of the molecule is COc1ccc(CSC2CCN(CC(C)(C)COc3cc(C)c(O)c(C)c3C)CC2)c(OC)c1OC. The zero-order chi connectivity index (χ0) is 26.5. The molecule has 2 aromatic rings. The molecular weight excluding hydrogens is 474 g/mol. The van der Waals surface area contributed by atoms with Gasteiger partial charge in [-0.05, 0) is 75.5 Å². The van der Waals surface area contributed by atoms with Crippen LogP contribution in [0.5, 0.6) is 28.7 Å². The minimum atomic E-state index is 0.0269. The molecule has 0 spiro atoms. The van der Waals surface area contributed by atoms with Crippen LogP contribution in [0.25, 0.3) is 0 Å². The monoisotopic (exact) mass is 517 g/mol. The molecule has 0 bridgehead atoms. The summed E-state index contributed by atoms with van der Waals surface area (Å²) < 4.78 is 22.8. The van der Waals surface area contributed by atoms with Gasteiger partial charge in [0.25, 0.3) is 0 Å². The van der Waals surface area contributed by atoms with Gasteiger partial charge in [-0.1, -0.05) is 19.9 Å². The normalized spacial score (nSPS) is 15.1. The van der Waals surface area contributed by atoms with Crippen LogP contribution in [-0.4, -0.2) is 62.8 Å². The molecule has 1 aliphatic heterocycles. The highest BCUT2D eigenvalue weighted by Gasteiger charge is 2.27. The van der Waals surface area contributed by atoms with Crippen molar-refractivity contribution in [3.05, 3.63) is 40.5 Å². The predicted molar refractivity (Wildman–Crippen MR) is 148 cm³/mol. The quantitative estimate of drug-likeness (QED) is 0.384. The second kappa shape index (κ2) is 12.3. The molecule has 1 N–H and O–H groups in total. The maximum atomic E-state index is 10.2. The maximum Gasteiger partial charge on any atom is 0.203 e. The molecule has 1 aliphatic rings. The number of aryl methyl sites for hydroxylation is 1. The van der Waals surface area contributed by atoms with E-state index in [-0.39, 0.29) is 5.41 Å². The van der Waals surface area contributed by atoms with Crippen LogP contribution in [0.2, 0.25) is 0 Å².